The highest BCUT2D eigenvalue weighted by Crippen LogP contribution is 2.35. The van der Waals surface area contributed by atoms with Crippen molar-refractivity contribution in [2.45, 2.75) is 18.9 Å². The summed E-state index contributed by atoms with van der Waals surface area (Å²) in [6, 6.07) is 5.85. The Hall–Kier alpha value is -1.54. The van der Waals surface area contributed by atoms with Gasteiger partial charge in [0.15, 0.2) is 0 Å². The van der Waals surface area contributed by atoms with Crippen LogP contribution < -0.4 is 15.5 Å². The maximum atomic E-state index is 11.8. The monoisotopic (exact) mass is 381 g/mol. The van der Waals surface area contributed by atoms with Gasteiger partial charge in [-0.2, -0.15) is 0 Å². The zero-order valence-electron chi connectivity index (χ0n) is 13.6. The summed E-state index contributed by atoms with van der Waals surface area (Å²) in [5.74, 6) is -0.373. The van der Waals surface area contributed by atoms with Crippen molar-refractivity contribution in [3.63, 3.8) is 0 Å². The molecule has 2 heterocycles. The first-order chi connectivity index (χ1) is 12.1. The number of amides is 2. The Balaban J connectivity index is 1.87. The summed E-state index contributed by atoms with van der Waals surface area (Å²) in [6.45, 7) is 2.32. The Morgan fingerprint density at radius 3 is 3.00 bits per heavy atom. The molecule has 2 aliphatic rings. The third-order valence-electron chi connectivity index (χ3n) is 4.23. The van der Waals surface area contributed by atoms with Gasteiger partial charge in [0.25, 0.3) is 11.1 Å². The van der Waals surface area contributed by atoms with Crippen LogP contribution in [0.5, 0.6) is 0 Å². The molecule has 134 valence electrons. The van der Waals surface area contributed by atoms with Crippen LogP contribution in [0.3, 0.4) is 0 Å². The molecule has 8 heteroatoms. The minimum absolute atomic E-state index is 0.111. The fourth-order valence-electron chi connectivity index (χ4n) is 3.16. The van der Waals surface area contributed by atoms with Crippen molar-refractivity contribution in [3.8, 4) is 0 Å². The second-order valence-electron chi connectivity index (χ2n) is 5.99. The van der Waals surface area contributed by atoms with E-state index in [4.69, 9.17) is 16.7 Å². The Bertz CT molecular complexity index is 710. The van der Waals surface area contributed by atoms with Crippen LogP contribution in [0.4, 0.5) is 10.5 Å². The lowest BCUT2D eigenvalue weighted by atomic mass is 10.0. The van der Waals surface area contributed by atoms with Crippen molar-refractivity contribution in [2.24, 2.45) is 0 Å². The zero-order valence-corrected chi connectivity index (χ0v) is 15.2. The molecule has 2 amide bonds. The van der Waals surface area contributed by atoms with Crippen molar-refractivity contribution in [3.05, 3.63) is 33.7 Å². The second kappa shape index (κ2) is 8.23. The fraction of sp³-hybridized carbons (Fsp3) is 0.412. The Labute approximate surface area is 155 Å². The van der Waals surface area contributed by atoms with E-state index in [9.17, 15) is 9.59 Å². The minimum Gasteiger partial charge on any atom is -0.395 e. The van der Waals surface area contributed by atoms with E-state index in [0.717, 1.165) is 48.9 Å². The van der Waals surface area contributed by atoms with Crippen LogP contribution in [-0.4, -0.2) is 48.5 Å². The number of aliphatic hydroxyl groups is 1. The van der Waals surface area contributed by atoms with Gasteiger partial charge in [-0.1, -0.05) is 23.7 Å². The van der Waals surface area contributed by atoms with E-state index in [1.807, 2.05) is 18.2 Å². The number of aliphatic hydroxyl groups excluding tert-OH is 1. The maximum Gasteiger partial charge on any atom is 0.290 e. The second-order valence-corrected chi connectivity index (χ2v) is 7.41. The van der Waals surface area contributed by atoms with Crippen molar-refractivity contribution in [1.29, 1.82) is 0 Å². The molecular formula is C17H20ClN3O3S. The molecule has 2 aliphatic heterocycles. The van der Waals surface area contributed by atoms with Crippen LogP contribution in [0.15, 0.2) is 23.1 Å². The van der Waals surface area contributed by atoms with E-state index < -0.39 is 0 Å². The molecule has 0 aliphatic carbocycles. The number of imide groups is 1. The number of hydrogen-bond donors (Lipinski definition) is 3. The number of carbonyl (C=O) groups is 2. The summed E-state index contributed by atoms with van der Waals surface area (Å²) in [7, 11) is 0. The molecule has 0 bridgehead atoms. The first-order valence-corrected chi connectivity index (χ1v) is 9.40. The van der Waals surface area contributed by atoms with Gasteiger partial charge in [0, 0.05) is 31.2 Å². The molecule has 0 aromatic heterocycles. The Morgan fingerprint density at radius 1 is 1.44 bits per heavy atom. The SMILES string of the molecule is O=C1NC(=O)C(=Cc2cccc(Cl)c2N2CCCC(NCCO)C2)S1. The van der Waals surface area contributed by atoms with Gasteiger partial charge in [0.05, 0.1) is 22.2 Å². The lowest BCUT2D eigenvalue weighted by Gasteiger charge is -2.36. The van der Waals surface area contributed by atoms with Crippen molar-refractivity contribution >= 4 is 46.3 Å². The third kappa shape index (κ3) is 4.36. The largest absolute Gasteiger partial charge is 0.395 e. The van der Waals surface area contributed by atoms with Crippen LogP contribution in [0.2, 0.25) is 5.02 Å². The predicted octanol–water partition coefficient (Wildman–Crippen LogP) is 2.21. The summed E-state index contributed by atoms with van der Waals surface area (Å²) in [4.78, 5) is 25.8. The number of anilines is 1. The van der Waals surface area contributed by atoms with E-state index >= 15 is 0 Å². The van der Waals surface area contributed by atoms with Crippen LogP contribution in [-0.2, 0) is 4.79 Å². The van der Waals surface area contributed by atoms with Crippen molar-refractivity contribution < 1.29 is 14.7 Å². The van der Waals surface area contributed by atoms with Crippen LogP contribution >= 0.6 is 23.4 Å². The van der Waals surface area contributed by atoms with Crippen LogP contribution in [0.1, 0.15) is 18.4 Å². The number of thioether (sulfide) groups is 1. The normalized spacial score (nSPS) is 22.6. The molecule has 3 N–H and O–H groups in total. The average molecular weight is 382 g/mol. The third-order valence-corrected chi connectivity index (χ3v) is 5.34. The summed E-state index contributed by atoms with van der Waals surface area (Å²) < 4.78 is 0. The van der Waals surface area contributed by atoms with Gasteiger partial charge in [0.2, 0.25) is 0 Å². The summed E-state index contributed by atoms with van der Waals surface area (Å²) in [6.07, 6.45) is 3.78. The van der Waals surface area contributed by atoms with Crippen molar-refractivity contribution in [1.82, 2.24) is 10.6 Å². The van der Waals surface area contributed by atoms with Gasteiger partial charge in [-0.25, -0.2) is 0 Å². The van der Waals surface area contributed by atoms with Gasteiger partial charge in [-0.15, -0.1) is 0 Å². The standard InChI is InChI=1S/C17H20ClN3O3S/c18-13-5-1-3-11(9-14-16(23)20-17(24)25-14)15(13)21-7-2-4-12(10-21)19-6-8-22/h1,3,5,9,12,19,22H,2,4,6-8,10H2,(H,20,23,24). The van der Waals surface area contributed by atoms with Gasteiger partial charge >= 0.3 is 0 Å². The highest BCUT2D eigenvalue weighted by atomic mass is 35.5. The van der Waals surface area contributed by atoms with Gasteiger partial charge in [-0.3, -0.25) is 14.9 Å². The molecule has 0 spiro atoms. The highest BCUT2D eigenvalue weighted by molar-refractivity contribution is 8.18. The van der Waals surface area contributed by atoms with Crippen LogP contribution in [0.25, 0.3) is 6.08 Å². The molecule has 2 saturated heterocycles. The predicted molar refractivity (Wildman–Crippen MR) is 101 cm³/mol. The summed E-state index contributed by atoms with van der Waals surface area (Å²) in [5.41, 5.74) is 1.70. The Kier molecular flexibility index (Phi) is 6.01. The molecule has 2 fully saturated rings. The van der Waals surface area contributed by atoms with Gasteiger partial charge in [0.1, 0.15) is 0 Å². The molecular weight excluding hydrogens is 362 g/mol. The molecule has 0 radical (unpaired) electrons. The van der Waals surface area contributed by atoms with Gasteiger partial charge < -0.3 is 15.3 Å². The van der Waals surface area contributed by atoms with Crippen LogP contribution in [0, 0.1) is 0 Å². The number of rotatable bonds is 5. The van der Waals surface area contributed by atoms with E-state index in [1.54, 1.807) is 6.08 Å². The first kappa shape index (κ1) is 18.3. The molecule has 1 atom stereocenters. The van der Waals surface area contributed by atoms with E-state index in [2.05, 4.69) is 15.5 Å². The molecule has 6 nitrogen and oxygen atoms in total. The molecule has 1 aromatic rings. The molecule has 3 rings (SSSR count). The average Bonchev–Trinajstić information content (AvgIpc) is 2.90. The lowest BCUT2D eigenvalue weighted by Crippen LogP contribution is -2.46. The number of carbonyl (C=O) groups excluding carboxylic acids is 2. The summed E-state index contributed by atoms with van der Waals surface area (Å²) in [5, 5.41) is 14.9. The van der Waals surface area contributed by atoms with E-state index in [0.29, 0.717) is 16.5 Å². The molecule has 1 unspecified atom stereocenters. The molecule has 0 saturated carbocycles. The number of piperidine rings is 1. The number of para-hydroxylation sites is 1. The number of hydrogen-bond acceptors (Lipinski definition) is 6. The van der Waals surface area contributed by atoms with Crippen molar-refractivity contribution in [2.75, 3.05) is 31.1 Å². The number of nitrogens with one attached hydrogen (secondary N) is 2. The quantitative estimate of drug-likeness (QED) is 0.678. The fourth-order valence-corrected chi connectivity index (χ4v) is 4.13. The summed E-state index contributed by atoms with van der Waals surface area (Å²) >= 11 is 7.36. The lowest BCUT2D eigenvalue weighted by molar-refractivity contribution is -0.115. The number of nitrogens with zero attached hydrogens (tertiary/aromatic N) is 1. The van der Waals surface area contributed by atoms with E-state index in [-0.39, 0.29) is 23.8 Å². The highest BCUT2D eigenvalue weighted by Gasteiger charge is 2.27. The topological polar surface area (TPSA) is 81.7 Å². The smallest absolute Gasteiger partial charge is 0.290 e. The number of halogens is 1. The molecule has 25 heavy (non-hydrogen) atoms. The zero-order chi connectivity index (χ0) is 17.8. The number of benzene rings is 1. The Morgan fingerprint density at radius 2 is 2.28 bits per heavy atom. The first-order valence-electron chi connectivity index (χ1n) is 8.21. The van der Waals surface area contributed by atoms with E-state index in [1.165, 1.54) is 0 Å². The maximum absolute atomic E-state index is 11.8. The molecule has 1 aromatic carbocycles. The minimum atomic E-state index is -0.373. The van der Waals surface area contributed by atoms with Gasteiger partial charge in [-0.05, 0) is 36.7 Å².